The average Bonchev–Trinajstić information content (AvgIpc) is 2.10. The standard InChI is InChI=1S/C12H24O2/c1-5-6-7-12(14-13)9-11(4)8-10(2)3/h9-10,12-13H,5-8H2,1-4H3/b11-9+. The second kappa shape index (κ2) is 8.01. The van der Waals surface area contributed by atoms with Crippen molar-refractivity contribution in [3.05, 3.63) is 11.6 Å². The Morgan fingerprint density at radius 1 is 1.43 bits per heavy atom. The zero-order valence-electron chi connectivity index (χ0n) is 9.92. The van der Waals surface area contributed by atoms with Gasteiger partial charge in [0.2, 0.25) is 0 Å². The van der Waals surface area contributed by atoms with Crippen LogP contribution in [0.3, 0.4) is 0 Å². The van der Waals surface area contributed by atoms with Gasteiger partial charge >= 0.3 is 0 Å². The first-order valence-electron chi connectivity index (χ1n) is 5.57. The van der Waals surface area contributed by atoms with Crippen LogP contribution in [0.15, 0.2) is 11.6 Å². The maximum atomic E-state index is 8.69. The van der Waals surface area contributed by atoms with Gasteiger partial charge in [0, 0.05) is 0 Å². The van der Waals surface area contributed by atoms with Crippen molar-refractivity contribution in [2.75, 3.05) is 0 Å². The molecule has 0 aromatic heterocycles. The van der Waals surface area contributed by atoms with Gasteiger partial charge in [0.25, 0.3) is 0 Å². The summed E-state index contributed by atoms with van der Waals surface area (Å²) in [5, 5.41) is 8.69. The summed E-state index contributed by atoms with van der Waals surface area (Å²) in [5.74, 6) is 0.664. The van der Waals surface area contributed by atoms with Crippen molar-refractivity contribution in [2.45, 2.75) is 59.5 Å². The fraction of sp³-hybridized carbons (Fsp3) is 0.833. The van der Waals surface area contributed by atoms with Gasteiger partial charge in [-0.05, 0) is 25.7 Å². The molecular formula is C12H24O2. The topological polar surface area (TPSA) is 29.5 Å². The highest BCUT2D eigenvalue weighted by molar-refractivity contribution is 5.02. The molecule has 1 unspecified atom stereocenters. The average molecular weight is 200 g/mol. The fourth-order valence-corrected chi connectivity index (χ4v) is 1.60. The second-order valence-corrected chi connectivity index (χ2v) is 4.40. The Bertz CT molecular complexity index is 162. The third kappa shape index (κ3) is 7.10. The minimum Gasteiger partial charge on any atom is -0.251 e. The highest BCUT2D eigenvalue weighted by atomic mass is 17.1. The van der Waals surface area contributed by atoms with E-state index in [0.717, 1.165) is 25.7 Å². The van der Waals surface area contributed by atoms with Gasteiger partial charge in [0.05, 0.1) is 0 Å². The molecule has 0 aromatic carbocycles. The molecule has 0 rings (SSSR count). The highest BCUT2D eigenvalue weighted by Crippen LogP contribution is 2.13. The summed E-state index contributed by atoms with van der Waals surface area (Å²) in [5.41, 5.74) is 1.30. The lowest BCUT2D eigenvalue weighted by molar-refractivity contribution is -0.267. The molecule has 14 heavy (non-hydrogen) atoms. The first-order valence-corrected chi connectivity index (χ1v) is 5.57. The Labute approximate surface area is 87.9 Å². The molecule has 1 N–H and O–H groups in total. The van der Waals surface area contributed by atoms with E-state index in [-0.39, 0.29) is 6.10 Å². The van der Waals surface area contributed by atoms with Gasteiger partial charge in [-0.3, -0.25) is 5.26 Å². The van der Waals surface area contributed by atoms with Crippen molar-refractivity contribution < 1.29 is 10.1 Å². The molecule has 0 saturated heterocycles. The van der Waals surface area contributed by atoms with Crippen molar-refractivity contribution in [3.63, 3.8) is 0 Å². The molecule has 0 fully saturated rings. The van der Waals surface area contributed by atoms with Crippen LogP contribution in [-0.2, 0) is 4.89 Å². The van der Waals surface area contributed by atoms with Gasteiger partial charge in [-0.1, -0.05) is 45.3 Å². The van der Waals surface area contributed by atoms with E-state index in [1.807, 2.05) is 6.08 Å². The molecule has 0 heterocycles. The van der Waals surface area contributed by atoms with Gasteiger partial charge < -0.3 is 0 Å². The molecule has 84 valence electrons. The van der Waals surface area contributed by atoms with E-state index in [0.29, 0.717) is 5.92 Å². The van der Waals surface area contributed by atoms with Gasteiger partial charge in [-0.15, -0.1) is 0 Å². The molecule has 0 aliphatic heterocycles. The molecule has 0 aliphatic carbocycles. The van der Waals surface area contributed by atoms with E-state index < -0.39 is 0 Å². The molecule has 0 bridgehead atoms. The molecule has 0 amide bonds. The lowest BCUT2D eigenvalue weighted by atomic mass is 10.0. The van der Waals surface area contributed by atoms with Crippen molar-refractivity contribution in [2.24, 2.45) is 5.92 Å². The van der Waals surface area contributed by atoms with E-state index in [1.165, 1.54) is 5.57 Å². The minimum atomic E-state index is -0.117. The summed E-state index contributed by atoms with van der Waals surface area (Å²) in [4.78, 5) is 4.43. The van der Waals surface area contributed by atoms with Crippen LogP contribution >= 0.6 is 0 Å². The van der Waals surface area contributed by atoms with E-state index in [2.05, 4.69) is 32.6 Å². The van der Waals surface area contributed by atoms with Crippen LogP contribution in [0.2, 0.25) is 0 Å². The summed E-state index contributed by atoms with van der Waals surface area (Å²) < 4.78 is 0. The predicted molar refractivity (Wildman–Crippen MR) is 60.2 cm³/mol. The van der Waals surface area contributed by atoms with Crippen molar-refractivity contribution in [3.8, 4) is 0 Å². The Morgan fingerprint density at radius 3 is 2.50 bits per heavy atom. The van der Waals surface area contributed by atoms with Gasteiger partial charge in [0.15, 0.2) is 0 Å². The van der Waals surface area contributed by atoms with Crippen LogP contribution in [0, 0.1) is 5.92 Å². The SMILES string of the molecule is CCCCC(/C=C(\C)CC(C)C)OO. The summed E-state index contributed by atoms with van der Waals surface area (Å²) in [6, 6.07) is 0. The fourth-order valence-electron chi connectivity index (χ4n) is 1.60. The van der Waals surface area contributed by atoms with E-state index in [1.54, 1.807) is 0 Å². The summed E-state index contributed by atoms with van der Waals surface area (Å²) >= 11 is 0. The smallest absolute Gasteiger partial charge is 0.111 e. The molecule has 0 aliphatic rings. The second-order valence-electron chi connectivity index (χ2n) is 4.40. The first-order chi connectivity index (χ1) is 6.60. The zero-order valence-corrected chi connectivity index (χ0v) is 9.92. The van der Waals surface area contributed by atoms with Crippen molar-refractivity contribution in [1.82, 2.24) is 0 Å². The van der Waals surface area contributed by atoms with Gasteiger partial charge in [-0.25, -0.2) is 4.89 Å². The summed E-state index contributed by atoms with van der Waals surface area (Å²) in [6.07, 6.45) is 6.13. The molecular weight excluding hydrogens is 176 g/mol. The number of rotatable bonds is 7. The van der Waals surface area contributed by atoms with Crippen LogP contribution in [0.1, 0.15) is 53.4 Å². The van der Waals surface area contributed by atoms with E-state index in [9.17, 15) is 0 Å². The Balaban J connectivity index is 3.98. The number of hydrogen-bond acceptors (Lipinski definition) is 2. The quantitative estimate of drug-likeness (QED) is 0.382. The van der Waals surface area contributed by atoms with E-state index >= 15 is 0 Å². The Kier molecular flexibility index (Phi) is 7.81. The summed E-state index contributed by atoms with van der Waals surface area (Å²) in [6.45, 7) is 8.62. The minimum absolute atomic E-state index is 0.117. The maximum absolute atomic E-state index is 8.69. The lowest BCUT2D eigenvalue weighted by Crippen LogP contribution is -2.08. The molecule has 0 spiro atoms. The highest BCUT2D eigenvalue weighted by Gasteiger charge is 2.05. The number of allylic oxidation sites excluding steroid dienone is 1. The molecule has 1 atom stereocenters. The summed E-state index contributed by atoms with van der Waals surface area (Å²) in [7, 11) is 0. The van der Waals surface area contributed by atoms with Gasteiger partial charge in [-0.2, -0.15) is 0 Å². The lowest BCUT2D eigenvalue weighted by Gasteiger charge is -2.11. The third-order valence-corrected chi connectivity index (χ3v) is 2.18. The predicted octanol–water partition coefficient (Wildman–Crippen LogP) is 4.03. The molecule has 2 nitrogen and oxygen atoms in total. The van der Waals surface area contributed by atoms with E-state index in [4.69, 9.17) is 5.26 Å². The van der Waals surface area contributed by atoms with Crippen LogP contribution in [-0.4, -0.2) is 11.4 Å². The van der Waals surface area contributed by atoms with Gasteiger partial charge in [0.1, 0.15) is 6.10 Å². The van der Waals surface area contributed by atoms with Crippen LogP contribution in [0.5, 0.6) is 0 Å². The Morgan fingerprint density at radius 2 is 2.07 bits per heavy atom. The van der Waals surface area contributed by atoms with Crippen molar-refractivity contribution in [1.29, 1.82) is 0 Å². The maximum Gasteiger partial charge on any atom is 0.111 e. The Hall–Kier alpha value is -0.340. The molecule has 0 saturated carbocycles. The number of hydrogen-bond donors (Lipinski definition) is 1. The van der Waals surface area contributed by atoms with Crippen molar-refractivity contribution >= 4 is 0 Å². The largest absolute Gasteiger partial charge is 0.251 e. The van der Waals surface area contributed by atoms with Crippen LogP contribution in [0.4, 0.5) is 0 Å². The third-order valence-electron chi connectivity index (χ3n) is 2.18. The normalized spacial score (nSPS) is 14.9. The first kappa shape index (κ1) is 13.7. The molecule has 0 aromatic rings. The monoisotopic (exact) mass is 200 g/mol. The van der Waals surface area contributed by atoms with Crippen LogP contribution in [0.25, 0.3) is 0 Å². The molecule has 0 radical (unpaired) electrons. The van der Waals surface area contributed by atoms with Crippen LogP contribution < -0.4 is 0 Å². The molecule has 2 heteroatoms. The zero-order chi connectivity index (χ0) is 11.0. The number of unbranched alkanes of at least 4 members (excludes halogenated alkanes) is 1.